The lowest BCUT2D eigenvalue weighted by molar-refractivity contribution is -0.131. The molecule has 0 spiro atoms. The molecule has 0 atom stereocenters. The number of rotatable bonds is 4. The van der Waals surface area contributed by atoms with E-state index in [1.54, 1.807) is 24.3 Å². The second kappa shape index (κ2) is 7.81. The van der Waals surface area contributed by atoms with Crippen molar-refractivity contribution in [1.29, 1.82) is 0 Å². The average Bonchev–Trinajstić information content (AvgIpc) is 2.65. The Bertz CT molecular complexity index is 752. The van der Waals surface area contributed by atoms with Crippen LogP contribution in [0.5, 0.6) is 0 Å². The summed E-state index contributed by atoms with van der Waals surface area (Å²) in [5, 5.41) is 6.02. The van der Waals surface area contributed by atoms with Crippen molar-refractivity contribution in [3.63, 3.8) is 0 Å². The Hall–Kier alpha value is -2.86. The maximum Gasteiger partial charge on any atom is 0.255 e. The number of hydrogen-bond donors (Lipinski definition) is 3. The first-order valence-electron chi connectivity index (χ1n) is 8.37. The molecular formula is C19H22N4O2. The minimum Gasteiger partial charge on any atom is -0.397 e. The van der Waals surface area contributed by atoms with Gasteiger partial charge in [-0.25, -0.2) is 0 Å². The summed E-state index contributed by atoms with van der Waals surface area (Å²) in [6.45, 7) is 3.18. The molecule has 1 saturated heterocycles. The molecule has 2 aromatic rings. The van der Waals surface area contributed by atoms with Crippen LogP contribution < -0.4 is 16.4 Å². The topological polar surface area (TPSA) is 87.5 Å². The van der Waals surface area contributed by atoms with Crippen molar-refractivity contribution in [2.75, 3.05) is 37.2 Å². The third-order valence-corrected chi connectivity index (χ3v) is 4.25. The van der Waals surface area contributed by atoms with Gasteiger partial charge in [-0.1, -0.05) is 24.3 Å². The number of benzene rings is 2. The van der Waals surface area contributed by atoms with Gasteiger partial charge in [0.1, 0.15) is 0 Å². The highest BCUT2D eigenvalue weighted by Crippen LogP contribution is 2.18. The van der Waals surface area contributed by atoms with Crippen molar-refractivity contribution in [2.24, 2.45) is 0 Å². The van der Waals surface area contributed by atoms with Crippen LogP contribution in [-0.2, 0) is 11.2 Å². The number of nitrogens with zero attached hydrogens (tertiary/aromatic N) is 1. The number of carbonyl (C=O) groups excluding carboxylic acids is 2. The smallest absolute Gasteiger partial charge is 0.255 e. The predicted octanol–water partition coefficient (Wildman–Crippen LogP) is 1.50. The summed E-state index contributed by atoms with van der Waals surface area (Å²) in [6, 6.07) is 14.2. The van der Waals surface area contributed by atoms with Gasteiger partial charge in [-0.3, -0.25) is 9.59 Å². The third-order valence-electron chi connectivity index (χ3n) is 4.25. The van der Waals surface area contributed by atoms with Crippen molar-refractivity contribution in [3.8, 4) is 0 Å². The quantitative estimate of drug-likeness (QED) is 0.737. The van der Waals surface area contributed by atoms with E-state index in [2.05, 4.69) is 10.6 Å². The second-order valence-corrected chi connectivity index (χ2v) is 6.05. The molecule has 0 aliphatic carbocycles. The van der Waals surface area contributed by atoms with Gasteiger partial charge in [-0.2, -0.15) is 0 Å². The molecule has 0 bridgehead atoms. The zero-order valence-corrected chi connectivity index (χ0v) is 14.0. The van der Waals surface area contributed by atoms with Crippen LogP contribution in [0.4, 0.5) is 11.4 Å². The number of amides is 2. The zero-order valence-electron chi connectivity index (χ0n) is 14.0. The van der Waals surface area contributed by atoms with Crippen molar-refractivity contribution in [2.45, 2.75) is 6.42 Å². The lowest BCUT2D eigenvalue weighted by atomic mass is 10.1. The first-order chi connectivity index (χ1) is 12.1. The number of piperazine rings is 1. The normalized spacial score (nSPS) is 14.2. The second-order valence-electron chi connectivity index (χ2n) is 6.05. The molecule has 6 nitrogen and oxygen atoms in total. The Morgan fingerprint density at radius 2 is 1.72 bits per heavy atom. The van der Waals surface area contributed by atoms with Gasteiger partial charge in [0, 0.05) is 31.7 Å². The largest absolute Gasteiger partial charge is 0.397 e. The molecule has 1 fully saturated rings. The highest BCUT2D eigenvalue weighted by atomic mass is 16.2. The summed E-state index contributed by atoms with van der Waals surface area (Å²) in [6.07, 6.45) is 0.355. The van der Waals surface area contributed by atoms with Crippen LogP contribution in [-0.4, -0.2) is 42.9 Å². The summed E-state index contributed by atoms with van der Waals surface area (Å²) < 4.78 is 0. The van der Waals surface area contributed by atoms with E-state index in [0.29, 0.717) is 23.4 Å². The van der Waals surface area contributed by atoms with Crippen LogP contribution in [0.15, 0.2) is 48.5 Å². The summed E-state index contributed by atoms with van der Waals surface area (Å²) in [4.78, 5) is 26.4. The van der Waals surface area contributed by atoms with E-state index in [1.807, 2.05) is 29.2 Å². The van der Waals surface area contributed by atoms with Crippen molar-refractivity contribution < 1.29 is 9.59 Å². The Balaban J connectivity index is 1.60. The van der Waals surface area contributed by atoms with Gasteiger partial charge >= 0.3 is 0 Å². The number of nitrogens with one attached hydrogen (secondary N) is 2. The number of para-hydroxylation sites is 2. The fourth-order valence-corrected chi connectivity index (χ4v) is 2.78. The lowest BCUT2D eigenvalue weighted by Gasteiger charge is -2.27. The minimum absolute atomic E-state index is 0.121. The van der Waals surface area contributed by atoms with Gasteiger partial charge in [0.2, 0.25) is 5.91 Å². The van der Waals surface area contributed by atoms with Crippen LogP contribution in [0, 0.1) is 0 Å². The molecule has 1 heterocycles. The van der Waals surface area contributed by atoms with Gasteiger partial charge < -0.3 is 21.3 Å². The van der Waals surface area contributed by atoms with Crippen molar-refractivity contribution in [3.05, 3.63) is 59.7 Å². The van der Waals surface area contributed by atoms with Gasteiger partial charge in [0.25, 0.3) is 5.91 Å². The van der Waals surface area contributed by atoms with E-state index in [1.165, 1.54) is 0 Å². The number of hydrogen-bond acceptors (Lipinski definition) is 4. The molecular weight excluding hydrogens is 316 g/mol. The molecule has 2 aromatic carbocycles. The van der Waals surface area contributed by atoms with Gasteiger partial charge in [0.05, 0.1) is 17.8 Å². The fourth-order valence-electron chi connectivity index (χ4n) is 2.78. The Morgan fingerprint density at radius 3 is 2.40 bits per heavy atom. The molecule has 1 aliphatic heterocycles. The monoisotopic (exact) mass is 338 g/mol. The highest BCUT2D eigenvalue weighted by Gasteiger charge is 2.16. The number of anilines is 2. The summed E-state index contributed by atoms with van der Waals surface area (Å²) in [5.41, 5.74) is 8.38. The summed E-state index contributed by atoms with van der Waals surface area (Å²) in [7, 11) is 0. The van der Waals surface area contributed by atoms with E-state index in [4.69, 9.17) is 5.73 Å². The van der Waals surface area contributed by atoms with E-state index in [0.717, 1.165) is 31.7 Å². The number of carbonyl (C=O) groups is 2. The Kier molecular flexibility index (Phi) is 5.30. The van der Waals surface area contributed by atoms with Crippen LogP contribution in [0.2, 0.25) is 0 Å². The average molecular weight is 338 g/mol. The van der Waals surface area contributed by atoms with Crippen LogP contribution in [0.25, 0.3) is 0 Å². The Labute approximate surface area is 147 Å². The molecule has 25 heavy (non-hydrogen) atoms. The minimum atomic E-state index is -0.224. The van der Waals surface area contributed by atoms with Crippen LogP contribution in [0.1, 0.15) is 15.9 Å². The van der Waals surface area contributed by atoms with Crippen molar-refractivity contribution >= 4 is 23.2 Å². The van der Waals surface area contributed by atoms with E-state index in [9.17, 15) is 9.59 Å². The van der Waals surface area contributed by atoms with E-state index >= 15 is 0 Å². The maximum atomic E-state index is 12.3. The molecule has 3 rings (SSSR count). The molecule has 1 aliphatic rings. The Morgan fingerprint density at radius 1 is 1.04 bits per heavy atom. The van der Waals surface area contributed by atoms with E-state index < -0.39 is 0 Å². The first kappa shape index (κ1) is 17.0. The highest BCUT2D eigenvalue weighted by molar-refractivity contribution is 6.05. The molecule has 0 saturated carbocycles. The third kappa shape index (κ3) is 4.36. The standard InChI is InChI=1S/C19H22N4O2/c20-16-3-1-2-4-17(16)22-19(25)15-7-5-14(6-8-15)13-18(24)23-11-9-21-10-12-23/h1-8,21H,9-13,20H2,(H,22,25). The molecule has 0 unspecified atom stereocenters. The van der Waals surface area contributed by atoms with Gasteiger partial charge in [-0.05, 0) is 29.8 Å². The van der Waals surface area contributed by atoms with Crippen molar-refractivity contribution in [1.82, 2.24) is 10.2 Å². The zero-order chi connectivity index (χ0) is 17.6. The maximum absolute atomic E-state index is 12.3. The summed E-state index contributed by atoms with van der Waals surface area (Å²) in [5.74, 6) is -0.103. The number of nitrogen functional groups attached to an aromatic ring is 1. The molecule has 0 radical (unpaired) electrons. The summed E-state index contributed by atoms with van der Waals surface area (Å²) >= 11 is 0. The molecule has 2 amide bonds. The lowest BCUT2D eigenvalue weighted by Crippen LogP contribution is -2.46. The fraction of sp³-hybridized carbons (Fsp3) is 0.263. The molecule has 130 valence electrons. The van der Waals surface area contributed by atoms with Gasteiger partial charge in [0.15, 0.2) is 0 Å². The SMILES string of the molecule is Nc1ccccc1NC(=O)c1ccc(CC(=O)N2CCNCC2)cc1. The van der Waals surface area contributed by atoms with Crippen LogP contribution >= 0.6 is 0 Å². The van der Waals surface area contributed by atoms with E-state index in [-0.39, 0.29) is 11.8 Å². The predicted molar refractivity (Wildman–Crippen MR) is 98.4 cm³/mol. The first-order valence-corrected chi connectivity index (χ1v) is 8.37. The van der Waals surface area contributed by atoms with Crippen LogP contribution in [0.3, 0.4) is 0 Å². The number of nitrogens with two attached hydrogens (primary N) is 1. The molecule has 4 N–H and O–H groups in total. The molecule has 6 heteroatoms. The van der Waals surface area contributed by atoms with Gasteiger partial charge in [-0.15, -0.1) is 0 Å². The molecule has 0 aromatic heterocycles.